The average Bonchev–Trinajstić information content (AvgIpc) is 3.28. The highest BCUT2D eigenvalue weighted by molar-refractivity contribution is 5.71. The molecule has 0 bridgehead atoms. The lowest BCUT2D eigenvalue weighted by Crippen LogP contribution is -2.30. The minimum Gasteiger partial charge on any atom is -0.462 e. The molecule has 0 aromatic rings. The van der Waals surface area contributed by atoms with E-state index >= 15 is 0 Å². The van der Waals surface area contributed by atoms with Crippen LogP contribution in [-0.4, -0.2) is 37.2 Å². The Balaban J connectivity index is 4.54. The van der Waals surface area contributed by atoms with Gasteiger partial charge in [0.05, 0.1) is 0 Å². The molecular weight excluding hydrogens is 781 g/mol. The summed E-state index contributed by atoms with van der Waals surface area (Å²) in [7, 11) is 0. The average molecular weight is 871 g/mol. The third-order valence-electron chi connectivity index (χ3n) is 10.2. The van der Waals surface area contributed by atoms with E-state index in [1.165, 1.54) is 64.2 Å². The largest absolute Gasteiger partial charge is 0.462 e. The number of rotatable bonds is 43. The fourth-order valence-corrected chi connectivity index (χ4v) is 6.41. The van der Waals surface area contributed by atoms with Crippen molar-refractivity contribution in [3.05, 3.63) is 122 Å². The Labute approximate surface area is 386 Å². The van der Waals surface area contributed by atoms with Gasteiger partial charge in [0, 0.05) is 19.3 Å². The molecule has 0 aromatic carbocycles. The highest BCUT2D eigenvalue weighted by atomic mass is 16.6. The molecule has 1 atom stereocenters. The molecule has 354 valence electrons. The molecule has 0 N–H and O–H groups in total. The molecule has 6 heteroatoms. The zero-order chi connectivity index (χ0) is 45.8. The molecule has 0 saturated heterocycles. The first-order valence-corrected chi connectivity index (χ1v) is 25.2. The summed E-state index contributed by atoms with van der Waals surface area (Å²) in [6.07, 6.45) is 68.9. The Bertz CT molecular complexity index is 1370. The molecule has 0 spiro atoms. The first-order chi connectivity index (χ1) is 31.0. The van der Waals surface area contributed by atoms with Crippen LogP contribution >= 0.6 is 0 Å². The van der Waals surface area contributed by atoms with Crippen LogP contribution in [0, 0.1) is 0 Å². The Morgan fingerprint density at radius 2 is 0.635 bits per heavy atom. The van der Waals surface area contributed by atoms with Gasteiger partial charge in [-0.1, -0.05) is 219 Å². The maximum Gasteiger partial charge on any atom is 0.306 e. The predicted octanol–water partition coefficient (Wildman–Crippen LogP) is 16.5. The van der Waals surface area contributed by atoms with Crippen LogP contribution in [0.2, 0.25) is 0 Å². The van der Waals surface area contributed by atoms with Gasteiger partial charge in [0.25, 0.3) is 0 Å². The van der Waals surface area contributed by atoms with Crippen molar-refractivity contribution in [2.45, 2.75) is 207 Å². The lowest BCUT2D eigenvalue weighted by Gasteiger charge is -2.18. The molecular formula is C57H90O6. The third-order valence-corrected chi connectivity index (χ3v) is 10.2. The first-order valence-electron chi connectivity index (χ1n) is 25.2. The van der Waals surface area contributed by atoms with Crippen LogP contribution in [0.1, 0.15) is 201 Å². The normalized spacial score (nSPS) is 13.1. The van der Waals surface area contributed by atoms with Crippen molar-refractivity contribution in [3.8, 4) is 0 Å². The number of hydrogen-bond acceptors (Lipinski definition) is 6. The number of allylic oxidation sites excluding steroid dienone is 20. The van der Waals surface area contributed by atoms with Crippen molar-refractivity contribution in [2.24, 2.45) is 0 Å². The van der Waals surface area contributed by atoms with Crippen LogP contribution in [0.25, 0.3) is 0 Å². The van der Waals surface area contributed by atoms with E-state index in [0.29, 0.717) is 19.3 Å². The SMILES string of the molecule is CC/C=C/C=C/C=C/C=C/C=C/C=C/CCCCCC(=O)OCC(COC(=O)CCCCCCC/C=C/C=C/C=C/CC)OC(=O)CCCCCCCCC/C=C/CCCCCC. The van der Waals surface area contributed by atoms with Crippen LogP contribution in [0.4, 0.5) is 0 Å². The molecule has 0 aromatic heterocycles. The van der Waals surface area contributed by atoms with Crippen molar-refractivity contribution in [3.63, 3.8) is 0 Å². The Morgan fingerprint density at radius 3 is 1.03 bits per heavy atom. The molecule has 0 heterocycles. The number of hydrogen-bond donors (Lipinski definition) is 0. The number of carbonyl (C=O) groups is 3. The topological polar surface area (TPSA) is 78.9 Å². The standard InChI is InChI=1S/C57H90O6/c1-4-7-10-13-16-19-22-25-27-28-30-32-35-38-41-44-47-50-56(59)62-53-54(52-61-55(58)49-46-43-40-37-34-31-24-21-18-15-12-9-6-3)63-57(60)51-48-45-42-39-36-33-29-26-23-20-17-14-11-8-5-2/h7,9-10,12-13,15-16,18-25,27-28,30,32,35,54H,4-6,8,11,14,17,26,29,31,33-34,36-53H2,1-3H3/b10-7+,12-9+,16-13+,18-15+,22-19+,23-20+,24-21+,27-25+,30-28+,35-32+. The predicted molar refractivity (Wildman–Crippen MR) is 269 cm³/mol. The van der Waals surface area contributed by atoms with Crippen LogP contribution < -0.4 is 0 Å². The van der Waals surface area contributed by atoms with Gasteiger partial charge in [0.15, 0.2) is 6.10 Å². The number of carbonyl (C=O) groups excluding carboxylic acids is 3. The summed E-state index contributed by atoms with van der Waals surface area (Å²) < 4.78 is 16.7. The minimum absolute atomic E-state index is 0.109. The molecule has 0 rings (SSSR count). The van der Waals surface area contributed by atoms with E-state index in [9.17, 15) is 14.4 Å². The van der Waals surface area contributed by atoms with E-state index in [4.69, 9.17) is 14.2 Å². The summed E-state index contributed by atoms with van der Waals surface area (Å²) in [4.78, 5) is 38.0. The monoisotopic (exact) mass is 871 g/mol. The molecule has 0 saturated carbocycles. The Kier molecular flexibility index (Phi) is 47.1. The molecule has 0 radical (unpaired) electrons. The second-order valence-electron chi connectivity index (χ2n) is 16.2. The van der Waals surface area contributed by atoms with Crippen molar-refractivity contribution in [1.29, 1.82) is 0 Å². The smallest absolute Gasteiger partial charge is 0.306 e. The van der Waals surface area contributed by atoms with Gasteiger partial charge in [-0.15, -0.1) is 0 Å². The number of esters is 3. The zero-order valence-electron chi connectivity index (χ0n) is 40.3. The lowest BCUT2D eigenvalue weighted by molar-refractivity contribution is -0.167. The number of unbranched alkanes of at least 4 members (excludes halogenated alkanes) is 19. The maximum absolute atomic E-state index is 12.8. The quantitative estimate of drug-likeness (QED) is 0.0200. The minimum atomic E-state index is -0.810. The van der Waals surface area contributed by atoms with Gasteiger partial charge >= 0.3 is 17.9 Å². The molecule has 0 aliphatic carbocycles. The van der Waals surface area contributed by atoms with E-state index in [2.05, 4.69) is 81.5 Å². The van der Waals surface area contributed by atoms with Crippen molar-refractivity contribution in [2.75, 3.05) is 13.2 Å². The van der Waals surface area contributed by atoms with Crippen LogP contribution in [-0.2, 0) is 28.6 Å². The summed E-state index contributed by atoms with van der Waals surface area (Å²) in [5.41, 5.74) is 0. The zero-order valence-corrected chi connectivity index (χ0v) is 40.3. The molecule has 63 heavy (non-hydrogen) atoms. The van der Waals surface area contributed by atoms with Gasteiger partial charge in [-0.3, -0.25) is 14.4 Å². The van der Waals surface area contributed by atoms with E-state index < -0.39 is 6.10 Å². The molecule has 0 amide bonds. The summed E-state index contributed by atoms with van der Waals surface area (Å²) in [5.74, 6) is -0.985. The van der Waals surface area contributed by atoms with Crippen LogP contribution in [0.3, 0.4) is 0 Å². The molecule has 1 unspecified atom stereocenters. The molecule has 6 nitrogen and oxygen atoms in total. The fraction of sp³-hybridized carbons (Fsp3) is 0.596. The van der Waals surface area contributed by atoms with E-state index in [1.54, 1.807) is 0 Å². The van der Waals surface area contributed by atoms with Gasteiger partial charge in [0.2, 0.25) is 0 Å². The molecule has 0 aliphatic heterocycles. The molecule has 0 aliphatic rings. The highest BCUT2D eigenvalue weighted by Crippen LogP contribution is 2.13. The summed E-state index contributed by atoms with van der Waals surface area (Å²) in [6.45, 7) is 6.27. The number of ether oxygens (including phenoxy) is 3. The maximum atomic E-state index is 12.8. The third kappa shape index (κ3) is 48.7. The summed E-state index contributed by atoms with van der Waals surface area (Å²) in [5, 5.41) is 0. The summed E-state index contributed by atoms with van der Waals surface area (Å²) >= 11 is 0. The Morgan fingerprint density at radius 1 is 0.333 bits per heavy atom. The lowest BCUT2D eigenvalue weighted by atomic mass is 10.1. The van der Waals surface area contributed by atoms with Crippen LogP contribution in [0.15, 0.2) is 122 Å². The van der Waals surface area contributed by atoms with E-state index in [1.807, 2.05) is 60.8 Å². The van der Waals surface area contributed by atoms with E-state index in [0.717, 1.165) is 96.3 Å². The van der Waals surface area contributed by atoms with Crippen LogP contribution in [0.5, 0.6) is 0 Å². The van der Waals surface area contributed by atoms with Gasteiger partial charge in [-0.05, 0) is 83.5 Å². The van der Waals surface area contributed by atoms with Gasteiger partial charge < -0.3 is 14.2 Å². The van der Waals surface area contributed by atoms with Crippen molar-refractivity contribution < 1.29 is 28.6 Å². The van der Waals surface area contributed by atoms with Gasteiger partial charge in [0.1, 0.15) is 13.2 Å². The van der Waals surface area contributed by atoms with Crippen molar-refractivity contribution in [1.82, 2.24) is 0 Å². The molecule has 0 fully saturated rings. The second kappa shape index (κ2) is 50.5. The fourth-order valence-electron chi connectivity index (χ4n) is 6.41. The van der Waals surface area contributed by atoms with E-state index in [-0.39, 0.29) is 31.1 Å². The second-order valence-corrected chi connectivity index (χ2v) is 16.2. The Hall–Kier alpha value is -4.19. The van der Waals surface area contributed by atoms with Crippen molar-refractivity contribution >= 4 is 17.9 Å². The van der Waals surface area contributed by atoms with Gasteiger partial charge in [-0.25, -0.2) is 0 Å². The summed E-state index contributed by atoms with van der Waals surface area (Å²) in [6, 6.07) is 0. The van der Waals surface area contributed by atoms with Gasteiger partial charge in [-0.2, -0.15) is 0 Å². The highest BCUT2D eigenvalue weighted by Gasteiger charge is 2.19. The first kappa shape index (κ1) is 58.8.